The van der Waals surface area contributed by atoms with Crippen molar-refractivity contribution in [2.24, 2.45) is 4.99 Å². The molecular formula is C18H13NO5. The van der Waals surface area contributed by atoms with Crippen molar-refractivity contribution in [2.45, 2.75) is 0 Å². The highest BCUT2D eigenvalue weighted by Crippen LogP contribution is 2.33. The van der Waals surface area contributed by atoms with E-state index in [1.165, 1.54) is 0 Å². The summed E-state index contributed by atoms with van der Waals surface area (Å²) in [5.41, 5.74) is 1.73. The highest BCUT2D eigenvalue weighted by Gasteiger charge is 2.24. The lowest BCUT2D eigenvalue weighted by Gasteiger charge is -2.01. The average Bonchev–Trinajstić information content (AvgIpc) is 3.21. The molecule has 6 heteroatoms. The van der Waals surface area contributed by atoms with E-state index in [4.69, 9.17) is 18.9 Å². The number of hydrogen-bond donors (Lipinski definition) is 0. The van der Waals surface area contributed by atoms with Crippen LogP contribution in [0.2, 0.25) is 0 Å². The van der Waals surface area contributed by atoms with Crippen LogP contribution in [0.5, 0.6) is 17.2 Å². The third-order valence-corrected chi connectivity index (χ3v) is 3.66. The number of aliphatic imine (C=N–C) groups is 1. The van der Waals surface area contributed by atoms with E-state index in [9.17, 15) is 4.79 Å². The van der Waals surface area contributed by atoms with Gasteiger partial charge in [0.15, 0.2) is 17.2 Å². The largest absolute Gasteiger partial charge is 0.497 e. The molecule has 120 valence electrons. The van der Waals surface area contributed by atoms with Gasteiger partial charge < -0.3 is 18.9 Å². The predicted molar refractivity (Wildman–Crippen MR) is 86.2 cm³/mol. The van der Waals surface area contributed by atoms with Crippen LogP contribution < -0.4 is 14.2 Å². The van der Waals surface area contributed by atoms with Gasteiger partial charge >= 0.3 is 5.97 Å². The lowest BCUT2D eigenvalue weighted by atomic mass is 10.1. The van der Waals surface area contributed by atoms with Crippen LogP contribution in [-0.4, -0.2) is 25.8 Å². The van der Waals surface area contributed by atoms with Gasteiger partial charge in [-0.2, -0.15) is 0 Å². The summed E-state index contributed by atoms with van der Waals surface area (Å²) in [5.74, 6) is 1.84. The first-order valence-electron chi connectivity index (χ1n) is 7.29. The Hall–Kier alpha value is -3.28. The van der Waals surface area contributed by atoms with Crippen LogP contribution >= 0.6 is 0 Å². The van der Waals surface area contributed by atoms with Crippen LogP contribution in [0, 0.1) is 0 Å². The number of fused-ring (bicyclic) bond motifs is 1. The summed E-state index contributed by atoms with van der Waals surface area (Å²) in [6, 6.07) is 12.6. The summed E-state index contributed by atoms with van der Waals surface area (Å²) >= 11 is 0. The molecule has 0 aromatic heterocycles. The predicted octanol–water partition coefficient (Wildman–Crippen LogP) is 2.77. The van der Waals surface area contributed by atoms with E-state index in [2.05, 4.69) is 4.99 Å². The van der Waals surface area contributed by atoms with Gasteiger partial charge in [0.1, 0.15) is 5.75 Å². The third-order valence-electron chi connectivity index (χ3n) is 3.66. The zero-order valence-corrected chi connectivity index (χ0v) is 12.8. The molecule has 2 heterocycles. The molecule has 0 radical (unpaired) electrons. The van der Waals surface area contributed by atoms with Gasteiger partial charge in [-0.3, -0.25) is 0 Å². The zero-order valence-electron chi connectivity index (χ0n) is 12.8. The Morgan fingerprint density at radius 3 is 2.67 bits per heavy atom. The highest BCUT2D eigenvalue weighted by atomic mass is 16.7. The second kappa shape index (κ2) is 5.73. The van der Waals surface area contributed by atoms with Crippen LogP contribution in [0.1, 0.15) is 11.1 Å². The van der Waals surface area contributed by atoms with E-state index < -0.39 is 5.97 Å². The van der Waals surface area contributed by atoms with Crippen molar-refractivity contribution in [1.29, 1.82) is 0 Å². The number of cyclic esters (lactones) is 1. The quantitative estimate of drug-likeness (QED) is 0.642. The highest BCUT2D eigenvalue weighted by molar-refractivity contribution is 6.12. The number of nitrogens with zero attached hydrogens (tertiary/aromatic N) is 1. The maximum Gasteiger partial charge on any atom is 0.363 e. The van der Waals surface area contributed by atoms with E-state index in [0.717, 1.165) is 11.3 Å². The Morgan fingerprint density at radius 1 is 1.08 bits per heavy atom. The monoisotopic (exact) mass is 323 g/mol. The first kappa shape index (κ1) is 14.3. The molecule has 6 nitrogen and oxygen atoms in total. The maximum atomic E-state index is 12.0. The van der Waals surface area contributed by atoms with Crippen LogP contribution in [0.25, 0.3) is 6.08 Å². The number of rotatable bonds is 3. The number of benzene rings is 2. The van der Waals surface area contributed by atoms with Gasteiger partial charge in [-0.15, -0.1) is 0 Å². The molecule has 0 N–H and O–H groups in total. The first-order chi connectivity index (χ1) is 11.7. The first-order valence-corrected chi connectivity index (χ1v) is 7.29. The molecule has 2 aliphatic heterocycles. The molecule has 2 aromatic carbocycles. The molecule has 0 bridgehead atoms. The Kier molecular flexibility index (Phi) is 3.42. The summed E-state index contributed by atoms with van der Waals surface area (Å²) in [6.07, 6.45) is 1.65. The average molecular weight is 323 g/mol. The second-order valence-corrected chi connectivity index (χ2v) is 5.18. The number of carbonyl (C=O) groups excluding carboxylic acids is 1. The number of hydrogen-bond acceptors (Lipinski definition) is 6. The summed E-state index contributed by atoms with van der Waals surface area (Å²) in [5, 5.41) is 0. The molecule has 4 rings (SSSR count). The van der Waals surface area contributed by atoms with Crippen LogP contribution in [0.4, 0.5) is 0 Å². The van der Waals surface area contributed by atoms with Crippen LogP contribution in [0.3, 0.4) is 0 Å². The Bertz CT molecular complexity index is 867. The normalized spacial score (nSPS) is 17.0. The fraction of sp³-hybridized carbons (Fsp3) is 0.111. The van der Waals surface area contributed by atoms with E-state index in [-0.39, 0.29) is 18.4 Å². The van der Waals surface area contributed by atoms with Gasteiger partial charge in [-0.05, 0) is 48.0 Å². The molecule has 0 saturated heterocycles. The molecule has 2 aliphatic rings. The van der Waals surface area contributed by atoms with Gasteiger partial charge in [-0.1, -0.05) is 6.07 Å². The second-order valence-electron chi connectivity index (χ2n) is 5.18. The fourth-order valence-corrected chi connectivity index (χ4v) is 2.43. The van der Waals surface area contributed by atoms with E-state index in [1.807, 2.05) is 6.07 Å². The number of carbonyl (C=O) groups is 1. The third kappa shape index (κ3) is 2.58. The van der Waals surface area contributed by atoms with E-state index in [0.29, 0.717) is 17.1 Å². The van der Waals surface area contributed by atoms with Crippen molar-refractivity contribution >= 4 is 17.9 Å². The molecule has 0 aliphatic carbocycles. The van der Waals surface area contributed by atoms with Crippen LogP contribution in [-0.2, 0) is 9.53 Å². The summed E-state index contributed by atoms with van der Waals surface area (Å²) in [4.78, 5) is 16.3. The topological polar surface area (TPSA) is 66.3 Å². The molecule has 0 unspecified atom stereocenters. The fourth-order valence-electron chi connectivity index (χ4n) is 2.43. The van der Waals surface area contributed by atoms with Gasteiger partial charge in [0, 0.05) is 5.56 Å². The van der Waals surface area contributed by atoms with Gasteiger partial charge in [0.25, 0.3) is 0 Å². The molecule has 0 fully saturated rings. The minimum Gasteiger partial charge on any atom is -0.497 e. The Balaban J connectivity index is 1.63. The van der Waals surface area contributed by atoms with E-state index in [1.54, 1.807) is 49.6 Å². The summed E-state index contributed by atoms with van der Waals surface area (Å²) in [6.45, 7) is 0.206. The van der Waals surface area contributed by atoms with Crippen molar-refractivity contribution < 1.29 is 23.7 Å². The van der Waals surface area contributed by atoms with Crippen molar-refractivity contribution in [3.63, 3.8) is 0 Å². The van der Waals surface area contributed by atoms with Gasteiger partial charge in [0.05, 0.1) is 7.11 Å². The van der Waals surface area contributed by atoms with Gasteiger partial charge in [0.2, 0.25) is 12.7 Å². The maximum absolute atomic E-state index is 12.0. The molecular weight excluding hydrogens is 310 g/mol. The summed E-state index contributed by atoms with van der Waals surface area (Å²) < 4.78 is 20.9. The van der Waals surface area contributed by atoms with Crippen LogP contribution in [0.15, 0.2) is 53.2 Å². The van der Waals surface area contributed by atoms with Crippen molar-refractivity contribution in [1.82, 2.24) is 0 Å². The SMILES string of the molecule is COc1ccc(C2=N/C(=C/c3ccc4c(c3)OCO4)C(=O)O2)cc1. The molecule has 0 amide bonds. The minimum absolute atomic E-state index is 0.206. The van der Waals surface area contributed by atoms with Gasteiger partial charge in [-0.25, -0.2) is 9.79 Å². The lowest BCUT2D eigenvalue weighted by Crippen LogP contribution is -2.05. The van der Waals surface area contributed by atoms with Crippen molar-refractivity contribution in [2.75, 3.05) is 13.9 Å². The minimum atomic E-state index is -0.488. The van der Waals surface area contributed by atoms with Crippen molar-refractivity contribution in [3.8, 4) is 17.2 Å². The Morgan fingerprint density at radius 2 is 1.88 bits per heavy atom. The molecule has 0 spiro atoms. The molecule has 0 atom stereocenters. The summed E-state index contributed by atoms with van der Waals surface area (Å²) in [7, 11) is 1.59. The Labute approximate surface area is 137 Å². The number of ether oxygens (including phenoxy) is 4. The van der Waals surface area contributed by atoms with E-state index >= 15 is 0 Å². The molecule has 2 aromatic rings. The number of methoxy groups -OCH3 is 1. The smallest absolute Gasteiger partial charge is 0.363 e. The van der Waals surface area contributed by atoms with Crippen molar-refractivity contribution in [3.05, 3.63) is 59.3 Å². The molecule has 24 heavy (non-hydrogen) atoms. The zero-order chi connectivity index (χ0) is 16.5. The standard InChI is InChI=1S/C18H13NO5/c1-21-13-5-3-12(4-6-13)17-19-14(18(20)24-17)8-11-2-7-15-16(9-11)23-10-22-15/h2-9H,10H2,1H3/b14-8+. The molecule has 0 saturated carbocycles. The lowest BCUT2D eigenvalue weighted by molar-refractivity contribution is -0.129. The number of esters is 1.